The van der Waals surface area contributed by atoms with Crippen molar-refractivity contribution in [3.8, 4) is 0 Å². The minimum Gasteiger partial charge on any atom is -0.396 e. The van der Waals surface area contributed by atoms with E-state index in [1.807, 2.05) is 6.92 Å². The smallest absolute Gasteiger partial charge is 0.0915 e. The number of ether oxygens (including phenoxy) is 1. The molecular formula is C12H18Cl2N2O2. The highest BCUT2D eigenvalue weighted by Crippen LogP contribution is 2.31. The molecule has 0 saturated carbocycles. The summed E-state index contributed by atoms with van der Waals surface area (Å²) in [5.74, 6) is 0. The number of anilines is 1. The van der Waals surface area contributed by atoms with Crippen LogP contribution in [0.3, 0.4) is 0 Å². The molecule has 1 aromatic carbocycles. The Kier molecular flexibility index (Phi) is 6.18. The summed E-state index contributed by atoms with van der Waals surface area (Å²) in [5, 5.41) is 13.9. The van der Waals surface area contributed by atoms with Gasteiger partial charge in [0.1, 0.15) is 0 Å². The second-order valence-electron chi connectivity index (χ2n) is 4.18. The second-order valence-corrected chi connectivity index (χ2v) is 4.99. The lowest BCUT2D eigenvalue weighted by Gasteiger charge is -2.17. The molecule has 2 unspecified atom stereocenters. The Morgan fingerprint density at radius 2 is 1.94 bits per heavy atom. The van der Waals surface area contributed by atoms with E-state index >= 15 is 0 Å². The molecule has 2 atom stereocenters. The van der Waals surface area contributed by atoms with E-state index in [1.165, 1.54) is 0 Å². The van der Waals surface area contributed by atoms with Crippen molar-refractivity contribution in [1.29, 1.82) is 0 Å². The Morgan fingerprint density at radius 3 is 2.44 bits per heavy atom. The van der Waals surface area contributed by atoms with Crippen LogP contribution in [0.25, 0.3) is 0 Å². The summed E-state index contributed by atoms with van der Waals surface area (Å²) in [4.78, 5) is 0. The van der Waals surface area contributed by atoms with E-state index in [4.69, 9.17) is 33.7 Å². The summed E-state index contributed by atoms with van der Waals surface area (Å²) in [6.07, 6.45) is -0.695. The number of rotatable bonds is 6. The third kappa shape index (κ3) is 4.30. The number of aliphatic hydroxyl groups excluding tert-OH is 1. The van der Waals surface area contributed by atoms with Crippen molar-refractivity contribution >= 4 is 28.9 Å². The van der Waals surface area contributed by atoms with Gasteiger partial charge in [-0.05, 0) is 24.6 Å². The number of hydrogen-bond donors (Lipinski definition) is 3. The average Bonchev–Trinajstić information content (AvgIpc) is 2.32. The van der Waals surface area contributed by atoms with Crippen LogP contribution in [0.5, 0.6) is 0 Å². The van der Waals surface area contributed by atoms with Crippen LogP contribution in [0.15, 0.2) is 12.1 Å². The van der Waals surface area contributed by atoms with E-state index in [1.54, 1.807) is 19.2 Å². The van der Waals surface area contributed by atoms with E-state index in [2.05, 4.69) is 5.32 Å². The van der Waals surface area contributed by atoms with E-state index in [0.717, 1.165) is 0 Å². The molecule has 0 amide bonds. The number of halogens is 2. The maximum absolute atomic E-state index is 10.0. The standard InChI is InChI=1S/C12H18Cl2N2O2/c1-7(6-18-2)16-5-11(17)8-3-9(13)12(15)10(14)4-8/h3-4,7,11,16-17H,5-6,15H2,1-2H3. The van der Waals surface area contributed by atoms with Crippen LogP contribution in [0.1, 0.15) is 18.6 Å². The highest BCUT2D eigenvalue weighted by atomic mass is 35.5. The average molecular weight is 293 g/mol. The van der Waals surface area contributed by atoms with Gasteiger partial charge in [0, 0.05) is 19.7 Å². The van der Waals surface area contributed by atoms with Gasteiger partial charge in [-0.1, -0.05) is 23.2 Å². The fourth-order valence-corrected chi connectivity index (χ4v) is 2.04. The topological polar surface area (TPSA) is 67.5 Å². The fourth-order valence-electron chi connectivity index (χ4n) is 1.54. The molecule has 1 rings (SSSR count). The van der Waals surface area contributed by atoms with Crippen LogP contribution in [0.4, 0.5) is 5.69 Å². The Morgan fingerprint density at radius 1 is 1.39 bits per heavy atom. The first kappa shape index (κ1) is 15.5. The minimum absolute atomic E-state index is 0.157. The molecular weight excluding hydrogens is 275 g/mol. The Bertz CT molecular complexity index is 379. The number of benzene rings is 1. The maximum atomic E-state index is 10.0. The van der Waals surface area contributed by atoms with Gasteiger partial charge in [0.25, 0.3) is 0 Å². The van der Waals surface area contributed by atoms with Crippen molar-refractivity contribution in [3.05, 3.63) is 27.7 Å². The molecule has 0 fully saturated rings. The predicted octanol–water partition coefficient (Wildman–Crippen LogP) is 2.23. The zero-order valence-electron chi connectivity index (χ0n) is 10.4. The fraction of sp³-hybridized carbons (Fsp3) is 0.500. The normalized spacial score (nSPS) is 14.5. The molecule has 6 heteroatoms. The van der Waals surface area contributed by atoms with Crippen LogP contribution >= 0.6 is 23.2 Å². The largest absolute Gasteiger partial charge is 0.396 e. The second kappa shape index (κ2) is 7.16. The molecule has 0 bridgehead atoms. The van der Waals surface area contributed by atoms with E-state index < -0.39 is 6.10 Å². The van der Waals surface area contributed by atoms with Gasteiger partial charge in [0.2, 0.25) is 0 Å². The first-order valence-electron chi connectivity index (χ1n) is 5.60. The van der Waals surface area contributed by atoms with Gasteiger partial charge in [-0.2, -0.15) is 0 Å². The van der Waals surface area contributed by atoms with Gasteiger partial charge >= 0.3 is 0 Å². The molecule has 0 radical (unpaired) electrons. The molecule has 0 aliphatic carbocycles. The Balaban J connectivity index is 2.64. The van der Waals surface area contributed by atoms with Crippen molar-refractivity contribution < 1.29 is 9.84 Å². The molecule has 4 nitrogen and oxygen atoms in total. The molecule has 0 aromatic heterocycles. The number of aliphatic hydroxyl groups is 1. The van der Waals surface area contributed by atoms with Crippen LogP contribution in [0, 0.1) is 0 Å². The molecule has 0 saturated heterocycles. The third-order valence-electron chi connectivity index (χ3n) is 2.56. The van der Waals surface area contributed by atoms with Gasteiger partial charge in [-0.3, -0.25) is 0 Å². The van der Waals surface area contributed by atoms with Gasteiger partial charge < -0.3 is 20.9 Å². The van der Waals surface area contributed by atoms with Crippen LogP contribution in [-0.4, -0.2) is 31.4 Å². The number of nitrogens with two attached hydrogens (primary N) is 1. The molecule has 0 aliphatic rings. The van der Waals surface area contributed by atoms with Gasteiger partial charge in [-0.25, -0.2) is 0 Å². The van der Waals surface area contributed by atoms with Crippen LogP contribution < -0.4 is 11.1 Å². The first-order valence-corrected chi connectivity index (χ1v) is 6.36. The quantitative estimate of drug-likeness (QED) is 0.704. The van der Waals surface area contributed by atoms with Crippen molar-refractivity contribution in [2.75, 3.05) is 26.0 Å². The first-order chi connectivity index (χ1) is 8.45. The number of nitrogens with one attached hydrogen (secondary N) is 1. The van der Waals surface area contributed by atoms with Gasteiger partial charge in [0.15, 0.2) is 0 Å². The number of nitrogen functional groups attached to an aromatic ring is 1. The zero-order chi connectivity index (χ0) is 13.7. The summed E-state index contributed by atoms with van der Waals surface area (Å²) >= 11 is 11.8. The maximum Gasteiger partial charge on any atom is 0.0915 e. The predicted molar refractivity (Wildman–Crippen MR) is 75.2 cm³/mol. The molecule has 102 valence electrons. The molecule has 18 heavy (non-hydrogen) atoms. The highest BCUT2D eigenvalue weighted by Gasteiger charge is 2.13. The van der Waals surface area contributed by atoms with Gasteiger partial charge in [0.05, 0.1) is 28.4 Å². The summed E-state index contributed by atoms with van der Waals surface area (Å²) in [7, 11) is 1.63. The monoisotopic (exact) mass is 292 g/mol. The van der Waals surface area contributed by atoms with Crippen LogP contribution in [-0.2, 0) is 4.74 Å². The zero-order valence-corrected chi connectivity index (χ0v) is 11.9. The van der Waals surface area contributed by atoms with Crippen molar-refractivity contribution in [2.45, 2.75) is 19.1 Å². The summed E-state index contributed by atoms with van der Waals surface area (Å²) < 4.78 is 4.99. The highest BCUT2D eigenvalue weighted by molar-refractivity contribution is 6.38. The van der Waals surface area contributed by atoms with Gasteiger partial charge in [-0.15, -0.1) is 0 Å². The lowest BCUT2D eigenvalue weighted by molar-refractivity contribution is 0.143. The Hall–Kier alpha value is -0.520. The number of methoxy groups -OCH3 is 1. The molecule has 0 spiro atoms. The molecule has 4 N–H and O–H groups in total. The summed E-state index contributed by atoms with van der Waals surface area (Å²) in [5.41, 5.74) is 6.60. The lowest BCUT2D eigenvalue weighted by Crippen LogP contribution is -2.33. The third-order valence-corrected chi connectivity index (χ3v) is 3.19. The Labute approximate surface area is 117 Å². The van der Waals surface area contributed by atoms with Crippen molar-refractivity contribution in [1.82, 2.24) is 5.32 Å². The number of hydrogen-bond acceptors (Lipinski definition) is 4. The summed E-state index contributed by atoms with van der Waals surface area (Å²) in [6.45, 7) is 2.94. The van der Waals surface area contributed by atoms with E-state index in [0.29, 0.717) is 34.4 Å². The minimum atomic E-state index is -0.695. The molecule has 1 aromatic rings. The molecule has 0 heterocycles. The van der Waals surface area contributed by atoms with E-state index in [9.17, 15) is 5.11 Å². The van der Waals surface area contributed by atoms with Crippen LogP contribution in [0.2, 0.25) is 10.0 Å². The van der Waals surface area contributed by atoms with Crippen molar-refractivity contribution in [2.24, 2.45) is 0 Å². The summed E-state index contributed by atoms with van der Waals surface area (Å²) in [6, 6.07) is 3.40. The van der Waals surface area contributed by atoms with Crippen molar-refractivity contribution in [3.63, 3.8) is 0 Å². The lowest BCUT2D eigenvalue weighted by atomic mass is 10.1. The molecule has 0 aliphatic heterocycles. The van der Waals surface area contributed by atoms with E-state index in [-0.39, 0.29) is 6.04 Å². The SMILES string of the molecule is COCC(C)NCC(O)c1cc(Cl)c(N)c(Cl)c1.